The molecule has 0 aromatic rings. The quantitative estimate of drug-likeness (QED) is 0.710. The summed E-state index contributed by atoms with van der Waals surface area (Å²) in [6.45, 7) is 8.06. The Morgan fingerprint density at radius 1 is 1.18 bits per heavy atom. The van der Waals surface area contributed by atoms with Crippen LogP contribution in [0.2, 0.25) is 0 Å². The summed E-state index contributed by atoms with van der Waals surface area (Å²) in [5.41, 5.74) is 2.09. The first-order chi connectivity index (χ1) is 7.80. The Balaban J connectivity index is 2.29. The number of hydrogen-bond donors (Lipinski definition) is 1. The van der Waals surface area contributed by atoms with Crippen molar-refractivity contribution in [1.29, 1.82) is 0 Å². The molecule has 2 rings (SSSR count). The first-order valence-electron chi connectivity index (χ1n) is 6.77. The van der Waals surface area contributed by atoms with Crippen molar-refractivity contribution in [2.75, 3.05) is 0 Å². The van der Waals surface area contributed by atoms with Crippen LogP contribution in [0.5, 0.6) is 0 Å². The number of carbonyl (C=O) groups excluding carboxylic acids is 1. The lowest BCUT2D eigenvalue weighted by molar-refractivity contribution is -0.120. The van der Waals surface area contributed by atoms with Crippen molar-refractivity contribution in [2.45, 2.75) is 59.0 Å². The molecule has 0 aromatic carbocycles. The van der Waals surface area contributed by atoms with E-state index in [1.165, 1.54) is 11.1 Å². The van der Waals surface area contributed by atoms with Crippen molar-refractivity contribution in [3.8, 4) is 0 Å². The van der Waals surface area contributed by atoms with Gasteiger partial charge in [0.2, 0.25) is 0 Å². The highest BCUT2D eigenvalue weighted by Gasteiger charge is 2.38. The molecule has 0 amide bonds. The number of allylic oxidation sites excluding steroid dienone is 2. The minimum Gasteiger partial charge on any atom is -0.390 e. The van der Waals surface area contributed by atoms with Gasteiger partial charge < -0.3 is 5.11 Å². The minimum atomic E-state index is -0.631. The average molecular weight is 236 g/mol. The molecular formula is C15H24O2. The molecule has 3 atom stereocenters. The molecule has 0 bridgehead atoms. The SMILES string of the molecule is C[C@H]1C(=O)CC2=C1C[C@H](C(C)(C)O)CC[C@@H]2C. The predicted octanol–water partition coefficient (Wildman–Crippen LogP) is 3.10. The second kappa shape index (κ2) is 4.24. The molecule has 0 unspecified atom stereocenters. The fourth-order valence-corrected chi connectivity index (χ4v) is 3.32. The fourth-order valence-electron chi connectivity index (χ4n) is 3.32. The van der Waals surface area contributed by atoms with Crippen LogP contribution in [0.1, 0.15) is 53.4 Å². The third kappa shape index (κ3) is 2.33. The molecule has 0 fully saturated rings. The molecule has 0 saturated carbocycles. The first-order valence-corrected chi connectivity index (χ1v) is 6.77. The van der Waals surface area contributed by atoms with Gasteiger partial charge >= 0.3 is 0 Å². The molecule has 0 radical (unpaired) electrons. The van der Waals surface area contributed by atoms with Crippen LogP contribution in [0.4, 0.5) is 0 Å². The molecule has 0 spiro atoms. The standard InChI is InChI=1S/C15H24O2/c1-9-5-6-11(15(3,4)17)7-13-10(2)14(16)8-12(9)13/h9-11,17H,5-8H2,1-4H3/t9-,10+,11+/m0/s1. The summed E-state index contributed by atoms with van der Waals surface area (Å²) >= 11 is 0. The molecule has 96 valence electrons. The molecule has 0 heterocycles. The summed E-state index contributed by atoms with van der Waals surface area (Å²) < 4.78 is 0. The van der Waals surface area contributed by atoms with Gasteiger partial charge in [-0.3, -0.25) is 4.79 Å². The van der Waals surface area contributed by atoms with E-state index in [2.05, 4.69) is 6.92 Å². The van der Waals surface area contributed by atoms with Crippen molar-refractivity contribution < 1.29 is 9.90 Å². The second-order valence-corrected chi connectivity index (χ2v) is 6.45. The number of aliphatic hydroxyl groups is 1. The molecule has 0 aliphatic heterocycles. The molecule has 0 saturated heterocycles. The van der Waals surface area contributed by atoms with Crippen LogP contribution in [0.25, 0.3) is 0 Å². The lowest BCUT2D eigenvalue weighted by atomic mass is 9.81. The number of rotatable bonds is 1. The molecule has 2 nitrogen and oxygen atoms in total. The van der Waals surface area contributed by atoms with E-state index >= 15 is 0 Å². The van der Waals surface area contributed by atoms with Crippen LogP contribution in [0, 0.1) is 17.8 Å². The first kappa shape index (κ1) is 12.8. The molecule has 2 heteroatoms. The van der Waals surface area contributed by atoms with E-state index in [0.29, 0.717) is 24.0 Å². The van der Waals surface area contributed by atoms with E-state index in [-0.39, 0.29) is 5.92 Å². The summed E-state index contributed by atoms with van der Waals surface area (Å²) in [7, 11) is 0. The van der Waals surface area contributed by atoms with Gasteiger partial charge in [-0.25, -0.2) is 0 Å². The summed E-state index contributed by atoms with van der Waals surface area (Å²) in [5.74, 6) is 1.28. The van der Waals surface area contributed by atoms with E-state index in [4.69, 9.17) is 0 Å². The van der Waals surface area contributed by atoms with Gasteiger partial charge in [0, 0.05) is 12.3 Å². The smallest absolute Gasteiger partial charge is 0.143 e. The van der Waals surface area contributed by atoms with Gasteiger partial charge in [0.15, 0.2) is 0 Å². The van der Waals surface area contributed by atoms with Crippen LogP contribution in [0.15, 0.2) is 11.1 Å². The van der Waals surface area contributed by atoms with Gasteiger partial charge in [0.25, 0.3) is 0 Å². The largest absolute Gasteiger partial charge is 0.390 e. The maximum absolute atomic E-state index is 11.9. The fraction of sp³-hybridized carbons (Fsp3) is 0.800. The normalized spacial score (nSPS) is 34.9. The van der Waals surface area contributed by atoms with Crippen molar-refractivity contribution in [3.63, 3.8) is 0 Å². The van der Waals surface area contributed by atoms with Gasteiger partial charge in [0.05, 0.1) is 5.60 Å². The maximum Gasteiger partial charge on any atom is 0.143 e. The number of carbonyl (C=O) groups is 1. The highest BCUT2D eigenvalue weighted by atomic mass is 16.3. The minimum absolute atomic E-state index is 0.0930. The number of hydrogen-bond acceptors (Lipinski definition) is 2. The zero-order valence-corrected chi connectivity index (χ0v) is 11.4. The highest BCUT2D eigenvalue weighted by Crippen LogP contribution is 2.44. The molecule has 2 aliphatic rings. The van der Waals surface area contributed by atoms with Crippen molar-refractivity contribution in [2.24, 2.45) is 17.8 Å². The van der Waals surface area contributed by atoms with E-state index in [9.17, 15) is 9.90 Å². The predicted molar refractivity (Wildman–Crippen MR) is 68.6 cm³/mol. The van der Waals surface area contributed by atoms with Crippen molar-refractivity contribution >= 4 is 5.78 Å². The Morgan fingerprint density at radius 3 is 2.41 bits per heavy atom. The number of Topliss-reactive ketones (excluding diaryl/α,β-unsaturated/α-hetero) is 1. The molecule has 0 aromatic heterocycles. The van der Waals surface area contributed by atoms with Crippen molar-refractivity contribution in [1.82, 2.24) is 0 Å². The number of ketones is 1. The van der Waals surface area contributed by atoms with Gasteiger partial charge in [-0.05, 0) is 44.9 Å². The third-order valence-corrected chi connectivity index (χ3v) is 4.79. The monoisotopic (exact) mass is 236 g/mol. The Labute approximate surface area is 104 Å². The van der Waals surface area contributed by atoms with Gasteiger partial charge in [-0.2, -0.15) is 0 Å². The molecule has 1 N–H and O–H groups in total. The zero-order chi connectivity index (χ0) is 12.8. The molecule has 17 heavy (non-hydrogen) atoms. The second-order valence-electron chi connectivity index (χ2n) is 6.45. The van der Waals surface area contributed by atoms with Crippen LogP contribution in [0.3, 0.4) is 0 Å². The summed E-state index contributed by atoms with van der Waals surface area (Å²) in [6.07, 6.45) is 3.75. The summed E-state index contributed by atoms with van der Waals surface area (Å²) in [4.78, 5) is 11.9. The molecular weight excluding hydrogens is 212 g/mol. The van der Waals surface area contributed by atoms with E-state index < -0.39 is 5.60 Å². The highest BCUT2D eigenvalue weighted by molar-refractivity contribution is 5.89. The topological polar surface area (TPSA) is 37.3 Å². The lowest BCUT2D eigenvalue weighted by Gasteiger charge is -2.29. The van der Waals surface area contributed by atoms with Crippen LogP contribution in [-0.2, 0) is 4.79 Å². The Hall–Kier alpha value is -0.630. The lowest BCUT2D eigenvalue weighted by Crippen LogP contribution is -2.31. The zero-order valence-electron chi connectivity index (χ0n) is 11.4. The molecule has 2 aliphatic carbocycles. The van der Waals surface area contributed by atoms with Crippen molar-refractivity contribution in [3.05, 3.63) is 11.1 Å². The van der Waals surface area contributed by atoms with Gasteiger partial charge in [-0.1, -0.05) is 25.0 Å². The Bertz CT molecular complexity index is 360. The Kier molecular flexibility index (Phi) is 3.19. The maximum atomic E-state index is 11.9. The van der Waals surface area contributed by atoms with E-state index in [1.54, 1.807) is 0 Å². The van der Waals surface area contributed by atoms with Crippen LogP contribution >= 0.6 is 0 Å². The third-order valence-electron chi connectivity index (χ3n) is 4.79. The van der Waals surface area contributed by atoms with Gasteiger partial charge in [0.1, 0.15) is 5.78 Å². The van der Waals surface area contributed by atoms with Gasteiger partial charge in [-0.15, -0.1) is 0 Å². The van der Waals surface area contributed by atoms with E-state index in [0.717, 1.165) is 19.3 Å². The summed E-state index contributed by atoms with van der Waals surface area (Å²) in [6, 6.07) is 0. The average Bonchev–Trinajstić information content (AvgIpc) is 2.40. The van der Waals surface area contributed by atoms with Crippen LogP contribution in [-0.4, -0.2) is 16.5 Å². The van der Waals surface area contributed by atoms with E-state index in [1.807, 2.05) is 20.8 Å². The summed E-state index contributed by atoms with van der Waals surface area (Å²) in [5, 5.41) is 10.2. The Morgan fingerprint density at radius 2 is 1.82 bits per heavy atom. The van der Waals surface area contributed by atoms with Crippen LogP contribution < -0.4 is 0 Å².